The molecule has 0 aliphatic carbocycles. The Morgan fingerprint density at radius 2 is 2.38 bits per heavy atom. The Labute approximate surface area is 122 Å². The Morgan fingerprint density at radius 1 is 1.62 bits per heavy atom. The van der Waals surface area contributed by atoms with Crippen LogP contribution in [0.25, 0.3) is 10.2 Å². The van der Waals surface area contributed by atoms with Gasteiger partial charge in [0.25, 0.3) is 5.91 Å². The predicted molar refractivity (Wildman–Crippen MR) is 75.7 cm³/mol. The van der Waals surface area contributed by atoms with Crippen molar-refractivity contribution in [1.29, 1.82) is 0 Å². The fourth-order valence-electron chi connectivity index (χ4n) is 2.12. The number of hydrogen-bond acceptors (Lipinski definition) is 6. The second kappa shape index (κ2) is 4.85. The fraction of sp³-hybridized carbons (Fsp3) is 0.250. The minimum atomic E-state index is -0.909. The topological polar surface area (TPSA) is 97.5 Å². The number of ether oxygens (including phenoxy) is 1. The quantitative estimate of drug-likeness (QED) is 0.865. The number of likely N-dealkylation sites (N-methyl/N-ethyl adjacent to an activating group) is 1. The number of amides is 2. The molecule has 1 aromatic carbocycles. The Bertz CT molecular complexity index is 747. The van der Waals surface area contributed by atoms with E-state index in [4.69, 9.17) is 10.5 Å². The summed E-state index contributed by atoms with van der Waals surface area (Å²) in [5, 5.41) is 2.65. The van der Waals surface area contributed by atoms with E-state index in [1.807, 2.05) is 0 Å². The smallest absolute Gasteiger partial charge is 0.415 e. The van der Waals surface area contributed by atoms with Crippen LogP contribution < -0.4 is 16.0 Å². The van der Waals surface area contributed by atoms with Crippen molar-refractivity contribution in [3.63, 3.8) is 0 Å². The maximum absolute atomic E-state index is 14.0. The number of benzene rings is 1. The van der Waals surface area contributed by atoms with Gasteiger partial charge < -0.3 is 15.8 Å². The summed E-state index contributed by atoms with van der Waals surface area (Å²) in [6, 6.07) is 2.77. The minimum Gasteiger partial charge on any atom is -0.434 e. The van der Waals surface area contributed by atoms with Crippen LogP contribution in [0.15, 0.2) is 12.1 Å². The Morgan fingerprint density at radius 3 is 3.10 bits per heavy atom. The number of rotatable bonds is 2. The molecule has 2 heterocycles. The second-order valence-electron chi connectivity index (χ2n) is 4.42. The van der Waals surface area contributed by atoms with Crippen molar-refractivity contribution in [1.82, 2.24) is 10.3 Å². The number of nitrogens with zero attached hydrogens (tertiary/aromatic N) is 2. The highest BCUT2D eigenvalue weighted by Crippen LogP contribution is 2.32. The number of thiazole rings is 1. The summed E-state index contributed by atoms with van der Waals surface area (Å²) in [5.41, 5.74) is 6.02. The zero-order valence-electron chi connectivity index (χ0n) is 10.9. The van der Waals surface area contributed by atoms with Gasteiger partial charge in [0.05, 0.1) is 16.9 Å². The molecule has 21 heavy (non-hydrogen) atoms. The van der Waals surface area contributed by atoms with Crippen molar-refractivity contribution >= 4 is 44.4 Å². The van der Waals surface area contributed by atoms with E-state index in [0.717, 1.165) is 11.3 Å². The molecule has 1 aromatic heterocycles. The number of fused-ring (bicyclic) bond motifs is 1. The number of anilines is 2. The zero-order chi connectivity index (χ0) is 15.1. The SMILES string of the molecule is CNC(=O)[C@H]1CN(c2cc(F)c3nc(N)sc3c2)C(=O)O1. The summed E-state index contributed by atoms with van der Waals surface area (Å²) in [5.74, 6) is -0.985. The fourth-order valence-corrected chi connectivity index (χ4v) is 2.90. The summed E-state index contributed by atoms with van der Waals surface area (Å²) < 4.78 is 19.5. The van der Waals surface area contributed by atoms with E-state index in [2.05, 4.69) is 10.3 Å². The zero-order valence-corrected chi connectivity index (χ0v) is 11.7. The summed E-state index contributed by atoms with van der Waals surface area (Å²) >= 11 is 1.12. The van der Waals surface area contributed by atoms with Gasteiger partial charge in [-0.05, 0) is 6.07 Å². The van der Waals surface area contributed by atoms with E-state index in [1.165, 1.54) is 18.0 Å². The third kappa shape index (κ3) is 2.25. The molecule has 1 aliphatic rings. The molecular weight excluding hydrogens is 299 g/mol. The molecule has 0 radical (unpaired) electrons. The van der Waals surface area contributed by atoms with Crippen LogP contribution in [0.1, 0.15) is 0 Å². The van der Waals surface area contributed by atoms with Gasteiger partial charge in [-0.2, -0.15) is 0 Å². The van der Waals surface area contributed by atoms with Crippen LogP contribution in [0.5, 0.6) is 0 Å². The van der Waals surface area contributed by atoms with E-state index < -0.39 is 23.9 Å². The first-order chi connectivity index (χ1) is 9.99. The predicted octanol–water partition coefficient (Wildman–Crippen LogP) is 1.09. The number of carbonyl (C=O) groups is 2. The third-order valence-electron chi connectivity index (χ3n) is 3.11. The van der Waals surface area contributed by atoms with Crippen LogP contribution in [0.4, 0.5) is 20.0 Å². The number of carbonyl (C=O) groups excluding carboxylic acids is 2. The molecule has 0 unspecified atom stereocenters. The molecule has 0 saturated carbocycles. The number of aromatic nitrogens is 1. The van der Waals surface area contributed by atoms with Gasteiger partial charge in [-0.25, -0.2) is 14.2 Å². The second-order valence-corrected chi connectivity index (χ2v) is 5.49. The molecule has 1 saturated heterocycles. The summed E-state index contributed by atoms with van der Waals surface area (Å²) in [6.07, 6.45) is -1.60. The molecule has 3 rings (SSSR count). The largest absolute Gasteiger partial charge is 0.434 e. The van der Waals surface area contributed by atoms with Gasteiger partial charge in [0.1, 0.15) is 5.52 Å². The van der Waals surface area contributed by atoms with E-state index in [-0.39, 0.29) is 17.2 Å². The summed E-state index contributed by atoms with van der Waals surface area (Å²) in [6.45, 7) is 0.0255. The Balaban J connectivity index is 1.97. The minimum absolute atomic E-state index is 0.0255. The van der Waals surface area contributed by atoms with Gasteiger partial charge >= 0.3 is 6.09 Å². The van der Waals surface area contributed by atoms with E-state index in [0.29, 0.717) is 10.4 Å². The molecule has 2 amide bonds. The molecule has 1 fully saturated rings. The van der Waals surface area contributed by atoms with Crippen molar-refractivity contribution < 1.29 is 18.7 Å². The van der Waals surface area contributed by atoms with Crippen LogP contribution in [0.3, 0.4) is 0 Å². The van der Waals surface area contributed by atoms with Gasteiger partial charge in [-0.15, -0.1) is 0 Å². The van der Waals surface area contributed by atoms with Gasteiger partial charge in [0.2, 0.25) is 0 Å². The van der Waals surface area contributed by atoms with Crippen molar-refractivity contribution in [3.05, 3.63) is 17.9 Å². The summed E-state index contributed by atoms with van der Waals surface area (Å²) in [4.78, 5) is 28.4. The van der Waals surface area contributed by atoms with Crippen LogP contribution in [0.2, 0.25) is 0 Å². The lowest BCUT2D eigenvalue weighted by atomic mass is 10.2. The Hall–Kier alpha value is -2.42. The van der Waals surface area contributed by atoms with Gasteiger partial charge in [-0.3, -0.25) is 9.69 Å². The highest BCUT2D eigenvalue weighted by molar-refractivity contribution is 7.22. The third-order valence-corrected chi connectivity index (χ3v) is 3.94. The van der Waals surface area contributed by atoms with Crippen LogP contribution in [0, 0.1) is 5.82 Å². The number of cyclic esters (lactones) is 1. The van der Waals surface area contributed by atoms with Gasteiger partial charge in [0, 0.05) is 13.1 Å². The van der Waals surface area contributed by atoms with Crippen LogP contribution in [-0.4, -0.2) is 36.7 Å². The number of halogens is 1. The molecule has 0 spiro atoms. The van der Waals surface area contributed by atoms with Gasteiger partial charge in [0.15, 0.2) is 17.1 Å². The van der Waals surface area contributed by atoms with Gasteiger partial charge in [-0.1, -0.05) is 11.3 Å². The van der Waals surface area contributed by atoms with E-state index in [1.54, 1.807) is 6.07 Å². The first-order valence-electron chi connectivity index (χ1n) is 6.05. The van der Waals surface area contributed by atoms with Crippen molar-refractivity contribution in [2.45, 2.75) is 6.10 Å². The molecule has 2 aromatic rings. The number of nitrogen functional groups attached to an aromatic ring is 1. The highest BCUT2D eigenvalue weighted by atomic mass is 32.1. The lowest BCUT2D eigenvalue weighted by Crippen LogP contribution is -2.35. The highest BCUT2D eigenvalue weighted by Gasteiger charge is 2.37. The molecule has 110 valence electrons. The number of hydrogen-bond donors (Lipinski definition) is 2. The lowest BCUT2D eigenvalue weighted by molar-refractivity contribution is -0.127. The average Bonchev–Trinajstić information content (AvgIpc) is 3.00. The maximum atomic E-state index is 14.0. The van der Waals surface area contributed by atoms with Crippen molar-refractivity contribution in [3.8, 4) is 0 Å². The monoisotopic (exact) mass is 310 g/mol. The van der Waals surface area contributed by atoms with Crippen molar-refractivity contribution in [2.24, 2.45) is 0 Å². The summed E-state index contributed by atoms with van der Waals surface area (Å²) in [7, 11) is 1.45. The molecule has 1 atom stereocenters. The first-order valence-corrected chi connectivity index (χ1v) is 6.86. The molecular formula is C12H11FN4O3S. The van der Waals surface area contributed by atoms with E-state index in [9.17, 15) is 14.0 Å². The molecule has 9 heteroatoms. The molecule has 3 N–H and O–H groups in total. The lowest BCUT2D eigenvalue weighted by Gasteiger charge is -2.12. The number of nitrogens with two attached hydrogens (primary N) is 1. The maximum Gasteiger partial charge on any atom is 0.415 e. The van der Waals surface area contributed by atoms with Crippen molar-refractivity contribution in [2.75, 3.05) is 24.2 Å². The van der Waals surface area contributed by atoms with E-state index >= 15 is 0 Å². The Kier molecular flexibility index (Phi) is 3.13. The van der Waals surface area contributed by atoms with Crippen LogP contribution >= 0.6 is 11.3 Å². The normalized spacial score (nSPS) is 18.1. The first kappa shape index (κ1) is 13.6. The standard InChI is InChI=1S/C12H11FN4O3S/c1-15-10(18)7-4-17(12(19)20-7)5-2-6(13)9-8(3-5)21-11(14)16-9/h2-3,7H,4H2,1H3,(H2,14,16)(H,15,18)/t7-/m1/s1. The van der Waals surface area contributed by atoms with Crippen LogP contribution in [-0.2, 0) is 9.53 Å². The molecule has 7 nitrogen and oxygen atoms in total. The molecule has 0 bridgehead atoms. The average molecular weight is 310 g/mol. The molecule has 1 aliphatic heterocycles. The number of nitrogens with one attached hydrogen (secondary N) is 1.